The molecule has 0 aromatic heterocycles. The summed E-state index contributed by atoms with van der Waals surface area (Å²) in [6, 6.07) is 0. The molecule has 0 aliphatic carbocycles. The largest absolute Gasteiger partial charge is 0.478 e. The normalized spacial score (nSPS) is 13.2. The lowest BCUT2D eigenvalue weighted by Crippen LogP contribution is -2.14. The summed E-state index contributed by atoms with van der Waals surface area (Å²) in [5.41, 5.74) is 0. The molecule has 0 rings (SSSR count). The lowest BCUT2D eigenvalue weighted by Gasteiger charge is -2.17. The van der Waals surface area contributed by atoms with Crippen molar-refractivity contribution in [2.75, 3.05) is 13.2 Å². The molecule has 0 aliphatic rings. The second kappa shape index (κ2) is 12.2. The minimum Gasteiger partial charge on any atom is -0.478 e. The number of carbonyl (C=O) groups is 1. The van der Waals surface area contributed by atoms with E-state index >= 15 is 0 Å². The zero-order chi connectivity index (χ0) is 13.0. The van der Waals surface area contributed by atoms with Gasteiger partial charge in [-0.2, -0.15) is 0 Å². The monoisotopic (exact) mass is 232 g/mol. The summed E-state index contributed by atoms with van der Waals surface area (Å²) >= 11 is 0. The van der Waals surface area contributed by atoms with E-state index in [1.165, 1.54) is 0 Å². The molecule has 0 spiro atoms. The summed E-state index contributed by atoms with van der Waals surface area (Å²) in [6.45, 7) is 7.62. The van der Waals surface area contributed by atoms with Crippen LogP contribution >= 0.6 is 0 Å². The first-order valence-corrected chi connectivity index (χ1v) is 5.62. The number of hydrogen-bond acceptors (Lipinski definition) is 3. The van der Waals surface area contributed by atoms with E-state index < -0.39 is 5.97 Å². The van der Waals surface area contributed by atoms with E-state index in [-0.39, 0.29) is 13.2 Å². The van der Waals surface area contributed by atoms with E-state index in [2.05, 4.69) is 20.4 Å². The van der Waals surface area contributed by atoms with Crippen molar-refractivity contribution >= 4 is 5.97 Å². The molecule has 0 saturated heterocycles. The highest BCUT2D eigenvalue weighted by Gasteiger charge is 2.11. The Morgan fingerprint density at radius 3 is 1.62 bits per heavy atom. The Labute approximate surface area is 97.6 Å². The van der Waals surface area contributed by atoms with E-state index in [0.29, 0.717) is 11.8 Å². The SMILES string of the molecule is C=CC(=O)O.CCC(CO)CC(CC)CO. The maximum absolute atomic E-state index is 9.25. The van der Waals surface area contributed by atoms with Crippen LogP contribution < -0.4 is 0 Å². The number of rotatable bonds is 7. The van der Waals surface area contributed by atoms with Crippen LogP contribution in [0.1, 0.15) is 33.1 Å². The maximum Gasteiger partial charge on any atom is 0.327 e. The van der Waals surface area contributed by atoms with Gasteiger partial charge >= 0.3 is 5.97 Å². The summed E-state index contributed by atoms with van der Waals surface area (Å²) in [5, 5.41) is 25.4. The zero-order valence-electron chi connectivity index (χ0n) is 10.2. The van der Waals surface area contributed by atoms with Crippen LogP contribution in [0.2, 0.25) is 0 Å². The van der Waals surface area contributed by atoms with Crippen molar-refractivity contribution < 1.29 is 20.1 Å². The van der Waals surface area contributed by atoms with Gasteiger partial charge in [0.2, 0.25) is 0 Å². The van der Waals surface area contributed by atoms with E-state index in [0.717, 1.165) is 25.3 Å². The predicted molar refractivity (Wildman–Crippen MR) is 64.2 cm³/mol. The Morgan fingerprint density at radius 1 is 1.19 bits per heavy atom. The minimum atomic E-state index is -0.981. The lowest BCUT2D eigenvalue weighted by molar-refractivity contribution is -0.131. The van der Waals surface area contributed by atoms with Crippen molar-refractivity contribution in [1.82, 2.24) is 0 Å². The first-order valence-electron chi connectivity index (χ1n) is 5.62. The zero-order valence-corrected chi connectivity index (χ0v) is 10.2. The Hall–Kier alpha value is -0.870. The third-order valence-corrected chi connectivity index (χ3v) is 2.51. The van der Waals surface area contributed by atoms with Gasteiger partial charge in [-0.1, -0.05) is 33.3 Å². The molecule has 0 aliphatic heterocycles. The molecule has 2 unspecified atom stereocenters. The van der Waals surface area contributed by atoms with Crippen molar-refractivity contribution in [3.63, 3.8) is 0 Å². The van der Waals surface area contributed by atoms with Crippen LogP contribution in [0.3, 0.4) is 0 Å². The fourth-order valence-electron chi connectivity index (χ4n) is 1.21. The van der Waals surface area contributed by atoms with E-state index in [4.69, 9.17) is 15.3 Å². The third-order valence-electron chi connectivity index (χ3n) is 2.51. The van der Waals surface area contributed by atoms with Gasteiger partial charge in [0, 0.05) is 19.3 Å². The average molecular weight is 232 g/mol. The number of hydrogen-bond donors (Lipinski definition) is 3. The molecular formula is C12H24O4. The smallest absolute Gasteiger partial charge is 0.327 e. The molecule has 0 fully saturated rings. The second-order valence-corrected chi connectivity index (χ2v) is 3.69. The molecule has 96 valence electrons. The van der Waals surface area contributed by atoms with Crippen LogP contribution in [0, 0.1) is 11.8 Å². The molecule has 4 nitrogen and oxygen atoms in total. The van der Waals surface area contributed by atoms with E-state index in [1.807, 2.05) is 0 Å². The van der Waals surface area contributed by atoms with Crippen LogP contribution in [0.15, 0.2) is 12.7 Å². The van der Waals surface area contributed by atoms with Crippen LogP contribution in [-0.4, -0.2) is 34.5 Å². The Bertz CT molecular complexity index is 162. The van der Waals surface area contributed by atoms with Crippen LogP contribution in [0.25, 0.3) is 0 Å². The van der Waals surface area contributed by atoms with Crippen LogP contribution in [-0.2, 0) is 4.79 Å². The fraction of sp³-hybridized carbons (Fsp3) is 0.750. The number of aliphatic hydroxyl groups is 2. The van der Waals surface area contributed by atoms with Gasteiger partial charge in [0.25, 0.3) is 0 Å². The highest BCUT2D eigenvalue weighted by atomic mass is 16.4. The van der Waals surface area contributed by atoms with Gasteiger partial charge in [0.15, 0.2) is 0 Å². The molecule has 0 heterocycles. The average Bonchev–Trinajstić information content (AvgIpc) is 2.31. The molecule has 0 aromatic carbocycles. The highest BCUT2D eigenvalue weighted by molar-refractivity contribution is 5.78. The number of aliphatic carboxylic acids is 1. The van der Waals surface area contributed by atoms with Gasteiger partial charge in [-0.3, -0.25) is 0 Å². The van der Waals surface area contributed by atoms with Gasteiger partial charge in [-0.25, -0.2) is 4.79 Å². The number of aliphatic hydroxyl groups excluding tert-OH is 2. The molecule has 0 saturated carbocycles. The molecule has 3 N–H and O–H groups in total. The summed E-state index contributed by atoms with van der Waals surface area (Å²) in [4.78, 5) is 9.25. The van der Waals surface area contributed by atoms with Crippen LogP contribution in [0.4, 0.5) is 0 Å². The first kappa shape index (κ1) is 17.5. The summed E-state index contributed by atoms with van der Waals surface area (Å²) in [7, 11) is 0. The molecule has 0 bridgehead atoms. The Balaban J connectivity index is 0. The van der Waals surface area contributed by atoms with Crippen LogP contribution in [0.5, 0.6) is 0 Å². The van der Waals surface area contributed by atoms with E-state index in [1.54, 1.807) is 0 Å². The predicted octanol–water partition coefficient (Wildman–Crippen LogP) is 1.67. The topological polar surface area (TPSA) is 77.8 Å². The second-order valence-electron chi connectivity index (χ2n) is 3.69. The van der Waals surface area contributed by atoms with E-state index in [9.17, 15) is 4.79 Å². The Morgan fingerprint density at radius 2 is 1.50 bits per heavy atom. The number of carboxylic acids is 1. The molecule has 16 heavy (non-hydrogen) atoms. The standard InChI is InChI=1S/C9H20O2.C3H4O2/c1-3-8(6-10)5-9(4-2)7-11;1-2-3(4)5/h8-11H,3-7H2,1-2H3;2H,1H2,(H,4,5). The van der Waals surface area contributed by atoms with Gasteiger partial charge in [0.1, 0.15) is 0 Å². The lowest BCUT2D eigenvalue weighted by atomic mass is 9.92. The summed E-state index contributed by atoms with van der Waals surface area (Å²) < 4.78 is 0. The molecule has 0 amide bonds. The van der Waals surface area contributed by atoms with Crippen molar-refractivity contribution in [2.45, 2.75) is 33.1 Å². The van der Waals surface area contributed by atoms with Crippen molar-refractivity contribution in [3.05, 3.63) is 12.7 Å². The van der Waals surface area contributed by atoms with Gasteiger partial charge < -0.3 is 15.3 Å². The minimum absolute atomic E-state index is 0.257. The first-order chi connectivity index (χ1) is 7.55. The summed E-state index contributed by atoms with van der Waals surface area (Å²) in [6.07, 6.45) is 3.81. The quantitative estimate of drug-likeness (QED) is 0.583. The van der Waals surface area contributed by atoms with Gasteiger partial charge in [0.05, 0.1) is 0 Å². The maximum atomic E-state index is 9.25. The van der Waals surface area contributed by atoms with Gasteiger partial charge in [-0.05, 0) is 18.3 Å². The molecular weight excluding hydrogens is 208 g/mol. The van der Waals surface area contributed by atoms with Gasteiger partial charge in [-0.15, -0.1) is 0 Å². The molecule has 0 radical (unpaired) electrons. The molecule has 4 heteroatoms. The third kappa shape index (κ3) is 11.2. The van der Waals surface area contributed by atoms with Crippen molar-refractivity contribution in [1.29, 1.82) is 0 Å². The van der Waals surface area contributed by atoms with Crippen molar-refractivity contribution in [2.24, 2.45) is 11.8 Å². The Kier molecular flexibility index (Phi) is 13.4. The molecule has 2 atom stereocenters. The number of carboxylic acid groups (broad SMARTS) is 1. The fourth-order valence-corrected chi connectivity index (χ4v) is 1.21. The molecule has 0 aromatic rings. The van der Waals surface area contributed by atoms with Crippen molar-refractivity contribution in [3.8, 4) is 0 Å². The highest BCUT2D eigenvalue weighted by Crippen LogP contribution is 2.17. The summed E-state index contributed by atoms with van der Waals surface area (Å²) in [5.74, 6) is -0.218.